The number of rotatable bonds is 3. The first-order valence-corrected chi connectivity index (χ1v) is 5.64. The second-order valence-corrected chi connectivity index (χ2v) is 4.35. The molecule has 1 aromatic carbocycles. The lowest BCUT2D eigenvalue weighted by molar-refractivity contribution is -0.163. The molecule has 0 spiro atoms. The van der Waals surface area contributed by atoms with Gasteiger partial charge < -0.3 is 0 Å². The summed E-state index contributed by atoms with van der Waals surface area (Å²) in [5, 5.41) is 1.69. The standard InChI is InChI=1S/C12H15F3N2/c13-12(14,15)16-11-6-7-17(9-11)8-10-4-2-1-3-5-10/h1-5,11,16H,6-9H2/t11-/m0/s1. The molecule has 2 nitrogen and oxygen atoms in total. The highest BCUT2D eigenvalue weighted by molar-refractivity contribution is 5.14. The quantitative estimate of drug-likeness (QED) is 0.821. The summed E-state index contributed by atoms with van der Waals surface area (Å²) in [6.07, 6.45) is -3.72. The van der Waals surface area contributed by atoms with Crippen molar-refractivity contribution < 1.29 is 13.2 Å². The van der Waals surface area contributed by atoms with Crippen LogP contribution in [0.4, 0.5) is 13.2 Å². The van der Waals surface area contributed by atoms with Crippen molar-refractivity contribution in [2.75, 3.05) is 13.1 Å². The van der Waals surface area contributed by atoms with Gasteiger partial charge in [0.05, 0.1) is 0 Å². The minimum absolute atomic E-state index is 0.453. The second kappa shape index (κ2) is 5.06. The lowest BCUT2D eigenvalue weighted by Crippen LogP contribution is -2.42. The smallest absolute Gasteiger partial charge is 0.297 e. The van der Waals surface area contributed by atoms with E-state index in [9.17, 15) is 13.2 Å². The number of benzene rings is 1. The molecule has 0 aliphatic carbocycles. The topological polar surface area (TPSA) is 15.3 Å². The molecule has 94 valence electrons. The molecule has 1 heterocycles. The summed E-state index contributed by atoms with van der Waals surface area (Å²) in [4.78, 5) is 2.04. The molecule has 0 amide bonds. The third-order valence-electron chi connectivity index (χ3n) is 2.89. The van der Waals surface area contributed by atoms with Crippen LogP contribution in [0.15, 0.2) is 30.3 Å². The largest absolute Gasteiger partial charge is 0.457 e. The van der Waals surface area contributed by atoms with Gasteiger partial charge in [0.25, 0.3) is 0 Å². The summed E-state index contributed by atoms with van der Waals surface area (Å²) in [7, 11) is 0. The molecule has 0 bridgehead atoms. The van der Waals surface area contributed by atoms with Crippen molar-refractivity contribution in [3.05, 3.63) is 35.9 Å². The molecule has 0 aromatic heterocycles. The van der Waals surface area contributed by atoms with Crippen LogP contribution in [-0.2, 0) is 6.54 Å². The Kier molecular flexibility index (Phi) is 3.69. The van der Waals surface area contributed by atoms with Crippen LogP contribution in [0.2, 0.25) is 0 Å². The van der Waals surface area contributed by atoms with E-state index in [1.807, 2.05) is 35.2 Å². The summed E-state index contributed by atoms with van der Waals surface area (Å²) in [5.41, 5.74) is 1.14. The van der Waals surface area contributed by atoms with Crippen molar-refractivity contribution in [1.29, 1.82) is 0 Å². The third-order valence-corrected chi connectivity index (χ3v) is 2.89. The van der Waals surface area contributed by atoms with E-state index in [0.717, 1.165) is 12.1 Å². The van der Waals surface area contributed by atoms with Crippen molar-refractivity contribution in [3.63, 3.8) is 0 Å². The van der Waals surface area contributed by atoms with Crippen molar-refractivity contribution in [2.45, 2.75) is 25.3 Å². The first kappa shape index (κ1) is 12.4. The lowest BCUT2D eigenvalue weighted by atomic mass is 10.2. The minimum Gasteiger partial charge on any atom is -0.297 e. The molecular formula is C12H15F3N2. The lowest BCUT2D eigenvalue weighted by Gasteiger charge is -2.17. The molecule has 5 heteroatoms. The van der Waals surface area contributed by atoms with Crippen LogP contribution in [0.25, 0.3) is 0 Å². The summed E-state index contributed by atoms with van der Waals surface area (Å²) >= 11 is 0. The number of hydrogen-bond donors (Lipinski definition) is 1. The maximum Gasteiger partial charge on any atom is 0.457 e. The zero-order valence-corrected chi connectivity index (χ0v) is 9.37. The van der Waals surface area contributed by atoms with Gasteiger partial charge in [0.1, 0.15) is 0 Å². The Morgan fingerprint density at radius 2 is 1.94 bits per heavy atom. The monoisotopic (exact) mass is 244 g/mol. The van der Waals surface area contributed by atoms with E-state index in [-0.39, 0.29) is 0 Å². The van der Waals surface area contributed by atoms with Gasteiger partial charge in [0, 0.05) is 25.7 Å². The van der Waals surface area contributed by atoms with Gasteiger partial charge in [0.15, 0.2) is 0 Å². The number of nitrogens with one attached hydrogen (secondary N) is 1. The molecule has 0 saturated carbocycles. The molecule has 1 atom stereocenters. The Balaban J connectivity index is 1.82. The Bertz CT molecular complexity index is 351. The van der Waals surface area contributed by atoms with Gasteiger partial charge in [-0.05, 0) is 12.0 Å². The van der Waals surface area contributed by atoms with Gasteiger partial charge >= 0.3 is 6.30 Å². The predicted octanol–water partition coefficient (Wildman–Crippen LogP) is 2.37. The highest BCUT2D eigenvalue weighted by Gasteiger charge is 2.34. The van der Waals surface area contributed by atoms with E-state index in [1.54, 1.807) is 5.32 Å². The zero-order valence-electron chi connectivity index (χ0n) is 9.37. The van der Waals surface area contributed by atoms with E-state index in [4.69, 9.17) is 0 Å². The number of likely N-dealkylation sites (tertiary alicyclic amines) is 1. The SMILES string of the molecule is FC(F)(F)N[C@H]1CCN(Cc2ccccc2)C1. The summed E-state index contributed by atoms with van der Waals surface area (Å²) in [5.74, 6) is 0. The Morgan fingerprint density at radius 1 is 1.24 bits per heavy atom. The fourth-order valence-corrected chi connectivity index (χ4v) is 2.17. The molecule has 1 aromatic rings. The van der Waals surface area contributed by atoms with E-state index in [0.29, 0.717) is 19.5 Å². The van der Waals surface area contributed by atoms with Crippen molar-refractivity contribution >= 4 is 0 Å². The Labute approximate surface area is 98.4 Å². The average molecular weight is 244 g/mol. The minimum atomic E-state index is -4.27. The Morgan fingerprint density at radius 3 is 2.59 bits per heavy atom. The number of halogens is 3. The summed E-state index contributed by atoms with van der Waals surface area (Å²) in [6.45, 7) is 1.88. The van der Waals surface area contributed by atoms with Crippen LogP contribution in [0, 0.1) is 0 Å². The van der Waals surface area contributed by atoms with Crippen LogP contribution >= 0.6 is 0 Å². The Hall–Kier alpha value is -1.07. The molecule has 1 fully saturated rings. The molecule has 1 N–H and O–H groups in total. The van der Waals surface area contributed by atoms with Gasteiger partial charge in [-0.3, -0.25) is 4.90 Å². The highest BCUT2D eigenvalue weighted by Crippen LogP contribution is 2.18. The molecule has 17 heavy (non-hydrogen) atoms. The normalized spacial score (nSPS) is 21.9. The molecule has 1 aliphatic rings. The molecule has 2 rings (SSSR count). The first-order chi connectivity index (χ1) is 8.03. The maximum atomic E-state index is 12.1. The van der Waals surface area contributed by atoms with Crippen LogP contribution in [-0.4, -0.2) is 30.3 Å². The van der Waals surface area contributed by atoms with E-state index < -0.39 is 12.3 Å². The molecular weight excluding hydrogens is 229 g/mol. The van der Waals surface area contributed by atoms with Crippen molar-refractivity contribution in [1.82, 2.24) is 10.2 Å². The summed E-state index contributed by atoms with van der Waals surface area (Å²) in [6, 6.07) is 9.32. The molecule has 1 aliphatic heterocycles. The number of hydrogen-bond acceptors (Lipinski definition) is 2. The molecule has 0 radical (unpaired) electrons. The number of alkyl halides is 3. The molecule has 0 unspecified atom stereocenters. The van der Waals surface area contributed by atoms with Crippen molar-refractivity contribution in [3.8, 4) is 0 Å². The average Bonchev–Trinajstić information content (AvgIpc) is 2.64. The van der Waals surface area contributed by atoms with Crippen LogP contribution < -0.4 is 5.32 Å². The van der Waals surface area contributed by atoms with Gasteiger partial charge in [0.2, 0.25) is 0 Å². The van der Waals surface area contributed by atoms with Gasteiger partial charge in [-0.25, -0.2) is 5.32 Å². The van der Waals surface area contributed by atoms with E-state index in [1.165, 1.54) is 0 Å². The van der Waals surface area contributed by atoms with Crippen LogP contribution in [0.3, 0.4) is 0 Å². The van der Waals surface area contributed by atoms with Crippen molar-refractivity contribution in [2.24, 2.45) is 0 Å². The van der Waals surface area contributed by atoms with Gasteiger partial charge in [-0.2, -0.15) is 13.2 Å². The van der Waals surface area contributed by atoms with Crippen LogP contribution in [0.5, 0.6) is 0 Å². The van der Waals surface area contributed by atoms with Gasteiger partial charge in [-0.15, -0.1) is 0 Å². The first-order valence-electron chi connectivity index (χ1n) is 5.64. The third kappa shape index (κ3) is 4.02. The zero-order chi connectivity index (χ0) is 12.3. The molecule has 1 saturated heterocycles. The number of nitrogens with zero attached hydrogens (tertiary/aromatic N) is 1. The second-order valence-electron chi connectivity index (χ2n) is 4.35. The van der Waals surface area contributed by atoms with E-state index in [2.05, 4.69) is 0 Å². The fourth-order valence-electron chi connectivity index (χ4n) is 2.17. The summed E-state index contributed by atoms with van der Waals surface area (Å²) < 4.78 is 36.4. The fraction of sp³-hybridized carbons (Fsp3) is 0.500. The highest BCUT2D eigenvalue weighted by atomic mass is 19.4. The van der Waals surface area contributed by atoms with E-state index >= 15 is 0 Å². The predicted molar refractivity (Wildman–Crippen MR) is 59.3 cm³/mol. The van der Waals surface area contributed by atoms with Gasteiger partial charge in [-0.1, -0.05) is 30.3 Å². The van der Waals surface area contributed by atoms with Crippen LogP contribution in [0.1, 0.15) is 12.0 Å². The maximum absolute atomic E-state index is 12.1.